The first-order valence-corrected chi connectivity index (χ1v) is 5.80. The molecular formula is C11H19ClO2. The fourth-order valence-corrected chi connectivity index (χ4v) is 1.67. The van der Waals surface area contributed by atoms with Crippen LogP contribution in [0.4, 0.5) is 0 Å². The Morgan fingerprint density at radius 1 is 1.50 bits per heavy atom. The highest BCUT2D eigenvalue weighted by Crippen LogP contribution is 2.20. The normalized spacial score (nSPS) is 28.4. The first kappa shape index (κ1) is 12.0. The van der Waals surface area contributed by atoms with Crippen molar-refractivity contribution < 1.29 is 9.47 Å². The van der Waals surface area contributed by atoms with Gasteiger partial charge in [0.15, 0.2) is 6.29 Å². The summed E-state index contributed by atoms with van der Waals surface area (Å²) in [5.74, 6) is 0. The molecule has 14 heavy (non-hydrogen) atoms. The Balaban J connectivity index is 2.10. The molecular weight excluding hydrogens is 200 g/mol. The Kier molecular flexibility index (Phi) is 6.24. The highest BCUT2D eigenvalue weighted by atomic mass is 35.5. The summed E-state index contributed by atoms with van der Waals surface area (Å²) >= 11 is 6.05. The second kappa shape index (κ2) is 7.27. The summed E-state index contributed by atoms with van der Waals surface area (Å²) in [6, 6.07) is 0. The van der Waals surface area contributed by atoms with Crippen molar-refractivity contribution in [2.24, 2.45) is 0 Å². The maximum absolute atomic E-state index is 6.05. The van der Waals surface area contributed by atoms with Crippen LogP contribution < -0.4 is 0 Å². The van der Waals surface area contributed by atoms with E-state index >= 15 is 0 Å². The molecule has 0 radical (unpaired) electrons. The molecule has 1 saturated heterocycles. The number of unbranched alkanes of at least 4 members (excludes halogenated alkanes) is 1. The molecule has 1 aliphatic heterocycles. The summed E-state index contributed by atoms with van der Waals surface area (Å²) in [6.45, 7) is 3.53. The SMILES string of the molecule is CCC/C=C/COC1OCCCC1Cl. The van der Waals surface area contributed by atoms with E-state index in [0.29, 0.717) is 6.61 Å². The van der Waals surface area contributed by atoms with Gasteiger partial charge in [-0.1, -0.05) is 25.5 Å². The molecule has 2 nitrogen and oxygen atoms in total. The second-order valence-corrected chi connectivity index (χ2v) is 4.05. The van der Waals surface area contributed by atoms with Gasteiger partial charge in [0.2, 0.25) is 0 Å². The van der Waals surface area contributed by atoms with Crippen molar-refractivity contribution in [1.82, 2.24) is 0 Å². The predicted octanol–water partition coefficient (Wildman–Crippen LogP) is 3.10. The van der Waals surface area contributed by atoms with E-state index in [1.807, 2.05) is 6.08 Å². The lowest BCUT2D eigenvalue weighted by molar-refractivity contribution is -0.152. The van der Waals surface area contributed by atoms with Crippen LogP contribution in [0.5, 0.6) is 0 Å². The summed E-state index contributed by atoms with van der Waals surface area (Å²) in [6.07, 6.45) is 8.27. The van der Waals surface area contributed by atoms with E-state index in [0.717, 1.165) is 25.9 Å². The molecule has 0 bridgehead atoms. The van der Waals surface area contributed by atoms with Crippen LogP contribution in [-0.4, -0.2) is 24.9 Å². The van der Waals surface area contributed by atoms with Gasteiger partial charge in [0.25, 0.3) is 0 Å². The monoisotopic (exact) mass is 218 g/mol. The third-order valence-electron chi connectivity index (χ3n) is 2.18. The number of hydrogen-bond donors (Lipinski definition) is 0. The molecule has 0 aromatic rings. The molecule has 0 aromatic heterocycles. The van der Waals surface area contributed by atoms with Crippen LogP contribution >= 0.6 is 11.6 Å². The molecule has 2 unspecified atom stereocenters. The molecule has 0 aliphatic carbocycles. The van der Waals surface area contributed by atoms with Gasteiger partial charge in [-0.3, -0.25) is 0 Å². The van der Waals surface area contributed by atoms with Crippen LogP contribution in [0, 0.1) is 0 Å². The largest absolute Gasteiger partial charge is 0.351 e. The zero-order valence-electron chi connectivity index (χ0n) is 8.75. The van der Waals surface area contributed by atoms with Crippen molar-refractivity contribution in [2.75, 3.05) is 13.2 Å². The third kappa shape index (κ3) is 4.45. The summed E-state index contributed by atoms with van der Waals surface area (Å²) in [4.78, 5) is 0. The maximum atomic E-state index is 6.05. The number of hydrogen-bond acceptors (Lipinski definition) is 2. The summed E-state index contributed by atoms with van der Waals surface area (Å²) in [7, 11) is 0. The van der Waals surface area contributed by atoms with E-state index in [1.54, 1.807) is 0 Å². The lowest BCUT2D eigenvalue weighted by Gasteiger charge is -2.26. The second-order valence-electron chi connectivity index (χ2n) is 3.49. The molecule has 1 fully saturated rings. The van der Waals surface area contributed by atoms with Gasteiger partial charge >= 0.3 is 0 Å². The highest BCUT2D eigenvalue weighted by molar-refractivity contribution is 6.20. The van der Waals surface area contributed by atoms with Crippen LogP contribution in [-0.2, 0) is 9.47 Å². The van der Waals surface area contributed by atoms with Gasteiger partial charge in [-0.05, 0) is 19.3 Å². The first-order chi connectivity index (χ1) is 6.84. The van der Waals surface area contributed by atoms with Crippen molar-refractivity contribution in [1.29, 1.82) is 0 Å². The molecule has 3 heteroatoms. The third-order valence-corrected chi connectivity index (χ3v) is 2.60. The van der Waals surface area contributed by atoms with Gasteiger partial charge in [0.1, 0.15) is 0 Å². The molecule has 0 spiro atoms. The van der Waals surface area contributed by atoms with Gasteiger partial charge in [0, 0.05) is 6.61 Å². The first-order valence-electron chi connectivity index (χ1n) is 5.37. The molecule has 0 N–H and O–H groups in total. The lowest BCUT2D eigenvalue weighted by atomic mass is 10.2. The summed E-state index contributed by atoms with van der Waals surface area (Å²) in [5, 5.41) is 0.0170. The van der Waals surface area contributed by atoms with Gasteiger partial charge < -0.3 is 9.47 Å². The zero-order valence-corrected chi connectivity index (χ0v) is 9.50. The fraction of sp³-hybridized carbons (Fsp3) is 0.818. The molecule has 82 valence electrons. The van der Waals surface area contributed by atoms with Crippen LogP contribution in [0.15, 0.2) is 12.2 Å². The zero-order chi connectivity index (χ0) is 10.2. The standard InChI is InChI=1S/C11H19ClO2/c1-2-3-4-5-8-13-11-10(12)7-6-9-14-11/h4-5,10-11H,2-3,6-9H2,1H3/b5-4+. The van der Waals surface area contributed by atoms with Crippen molar-refractivity contribution in [3.63, 3.8) is 0 Å². The molecule has 0 saturated carbocycles. The van der Waals surface area contributed by atoms with Crippen molar-refractivity contribution in [2.45, 2.75) is 44.3 Å². The average Bonchev–Trinajstić information content (AvgIpc) is 2.20. The number of allylic oxidation sites excluding steroid dienone is 1. The molecule has 1 rings (SSSR count). The number of alkyl halides is 1. The molecule has 2 atom stereocenters. The fourth-order valence-electron chi connectivity index (χ4n) is 1.37. The Bertz CT molecular complexity index is 171. The van der Waals surface area contributed by atoms with E-state index in [2.05, 4.69) is 13.0 Å². The van der Waals surface area contributed by atoms with Gasteiger partial charge in [0.05, 0.1) is 12.0 Å². The van der Waals surface area contributed by atoms with Gasteiger partial charge in [-0.15, -0.1) is 11.6 Å². The van der Waals surface area contributed by atoms with Crippen LogP contribution in [0.3, 0.4) is 0 Å². The van der Waals surface area contributed by atoms with Crippen LogP contribution in [0.1, 0.15) is 32.6 Å². The highest BCUT2D eigenvalue weighted by Gasteiger charge is 2.23. The minimum atomic E-state index is -0.211. The van der Waals surface area contributed by atoms with E-state index in [9.17, 15) is 0 Å². The van der Waals surface area contributed by atoms with E-state index in [1.165, 1.54) is 6.42 Å². The minimum Gasteiger partial charge on any atom is -0.351 e. The smallest absolute Gasteiger partial charge is 0.174 e. The van der Waals surface area contributed by atoms with Crippen LogP contribution in [0.2, 0.25) is 0 Å². The number of rotatable bonds is 5. The Labute approximate surface area is 91.2 Å². The average molecular weight is 219 g/mol. The molecule has 1 aliphatic rings. The Morgan fingerprint density at radius 3 is 3.07 bits per heavy atom. The Morgan fingerprint density at radius 2 is 2.36 bits per heavy atom. The van der Waals surface area contributed by atoms with E-state index in [4.69, 9.17) is 21.1 Å². The quantitative estimate of drug-likeness (QED) is 0.522. The predicted molar refractivity (Wildman–Crippen MR) is 58.6 cm³/mol. The maximum Gasteiger partial charge on any atom is 0.174 e. The molecule has 0 amide bonds. The lowest BCUT2D eigenvalue weighted by Crippen LogP contribution is -2.32. The number of ether oxygens (including phenoxy) is 2. The van der Waals surface area contributed by atoms with Crippen molar-refractivity contribution in [3.05, 3.63) is 12.2 Å². The minimum absolute atomic E-state index is 0.0170. The van der Waals surface area contributed by atoms with Crippen LogP contribution in [0.25, 0.3) is 0 Å². The van der Waals surface area contributed by atoms with E-state index in [-0.39, 0.29) is 11.7 Å². The number of halogens is 1. The van der Waals surface area contributed by atoms with Gasteiger partial charge in [-0.2, -0.15) is 0 Å². The molecule has 0 aromatic carbocycles. The van der Waals surface area contributed by atoms with Crippen molar-refractivity contribution >= 4 is 11.6 Å². The molecule has 1 heterocycles. The topological polar surface area (TPSA) is 18.5 Å². The Hall–Kier alpha value is -0.0500. The summed E-state index contributed by atoms with van der Waals surface area (Å²) < 4.78 is 10.9. The van der Waals surface area contributed by atoms with Crippen molar-refractivity contribution in [3.8, 4) is 0 Å². The summed E-state index contributed by atoms with van der Waals surface area (Å²) in [5.41, 5.74) is 0. The van der Waals surface area contributed by atoms with E-state index < -0.39 is 0 Å². The van der Waals surface area contributed by atoms with Gasteiger partial charge in [-0.25, -0.2) is 0 Å².